The molecule has 0 aliphatic heterocycles. The first kappa shape index (κ1) is 11.4. The van der Waals surface area contributed by atoms with Crippen molar-refractivity contribution in [3.05, 3.63) is 39.3 Å². The molecule has 0 unspecified atom stereocenters. The van der Waals surface area contributed by atoms with Crippen molar-refractivity contribution in [2.75, 3.05) is 0 Å². The summed E-state index contributed by atoms with van der Waals surface area (Å²) in [5.74, 6) is 0.612. The van der Waals surface area contributed by atoms with E-state index in [1.807, 2.05) is 26.8 Å². The molecule has 0 spiro atoms. The van der Waals surface area contributed by atoms with Crippen molar-refractivity contribution >= 4 is 0 Å². The molecule has 1 N–H and O–H groups in total. The van der Waals surface area contributed by atoms with Gasteiger partial charge < -0.3 is 4.98 Å². The van der Waals surface area contributed by atoms with E-state index in [4.69, 9.17) is 0 Å². The molecule has 2 aromatic rings. The molecule has 0 aliphatic carbocycles. The fraction of sp³-hybridized carbons (Fsp3) is 0.333. The van der Waals surface area contributed by atoms with E-state index in [1.165, 1.54) is 0 Å². The standard InChI is InChI=1S/C12H14N4O/c1-6-5-7(2)14-11(13-6)10-8(3)15-12(17)16-9(10)4/h5H,1-4H3,(H,15,16,17). The number of aryl methyl sites for hydroxylation is 4. The summed E-state index contributed by atoms with van der Waals surface area (Å²) >= 11 is 0. The van der Waals surface area contributed by atoms with Crippen LogP contribution in [-0.4, -0.2) is 19.9 Å². The molecule has 0 amide bonds. The lowest BCUT2D eigenvalue weighted by Gasteiger charge is -2.08. The fourth-order valence-corrected chi connectivity index (χ4v) is 1.90. The number of nitrogens with one attached hydrogen (secondary N) is 1. The predicted molar refractivity (Wildman–Crippen MR) is 64.8 cm³/mol. The van der Waals surface area contributed by atoms with Crippen LogP contribution in [0.25, 0.3) is 11.4 Å². The van der Waals surface area contributed by atoms with Crippen molar-refractivity contribution in [3.8, 4) is 11.4 Å². The van der Waals surface area contributed by atoms with Crippen molar-refractivity contribution in [2.24, 2.45) is 0 Å². The zero-order chi connectivity index (χ0) is 12.6. The van der Waals surface area contributed by atoms with Crippen molar-refractivity contribution in [1.29, 1.82) is 0 Å². The Labute approximate surface area is 99.0 Å². The molecular formula is C12H14N4O. The summed E-state index contributed by atoms with van der Waals surface area (Å²) in [7, 11) is 0. The second-order valence-electron chi connectivity index (χ2n) is 4.10. The summed E-state index contributed by atoms with van der Waals surface area (Å²) in [4.78, 5) is 26.5. The number of aromatic amines is 1. The van der Waals surface area contributed by atoms with Crippen LogP contribution in [0.1, 0.15) is 22.8 Å². The molecule has 0 saturated heterocycles. The van der Waals surface area contributed by atoms with Crippen LogP contribution in [-0.2, 0) is 0 Å². The Balaban J connectivity index is 2.72. The van der Waals surface area contributed by atoms with E-state index >= 15 is 0 Å². The van der Waals surface area contributed by atoms with Gasteiger partial charge in [0.25, 0.3) is 0 Å². The second-order valence-corrected chi connectivity index (χ2v) is 4.10. The molecule has 2 heterocycles. The highest BCUT2D eigenvalue weighted by Gasteiger charge is 2.11. The third kappa shape index (κ3) is 2.22. The minimum atomic E-state index is -0.340. The third-order valence-corrected chi connectivity index (χ3v) is 2.51. The Kier molecular flexibility index (Phi) is 2.75. The summed E-state index contributed by atoms with van der Waals surface area (Å²) in [6.07, 6.45) is 0. The van der Waals surface area contributed by atoms with E-state index in [1.54, 1.807) is 6.92 Å². The molecule has 88 valence electrons. The average molecular weight is 230 g/mol. The van der Waals surface area contributed by atoms with Gasteiger partial charge in [-0.3, -0.25) is 0 Å². The zero-order valence-electron chi connectivity index (χ0n) is 10.3. The summed E-state index contributed by atoms with van der Waals surface area (Å²) in [6, 6.07) is 1.91. The van der Waals surface area contributed by atoms with Crippen molar-refractivity contribution in [3.63, 3.8) is 0 Å². The molecule has 0 saturated carbocycles. The quantitative estimate of drug-likeness (QED) is 0.805. The molecule has 2 aromatic heterocycles. The molecular weight excluding hydrogens is 216 g/mol. The van der Waals surface area contributed by atoms with Gasteiger partial charge in [-0.2, -0.15) is 4.98 Å². The van der Waals surface area contributed by atoms with Crippen molar-refractivity contribution in [2.45, 2.75) is 27.7 Å². The molecule has 5 heteroatoms. The largest absolute Gasteiger partial charge is 0.345 e. The number of hydrogen-bond acceptors (Lipinski definition) is 4. The van der Waals surface area contributed by atoms with Gasteiger partial charge in [0.2, 0.25) is 0 Å². The number of aromatic nitrogens is 4. The van der Waals surface area contributed by atoms with Gasteiger partial charge in [0.05, 0.1) is 11.3 Å². The number of hydrogen-bond donors (Lipinski definition) is 1. The van der Waals surface area contributed by atoms with Crippen LogP contribution in [0.4, 0.5) is 0 Å². The first-order chi connectivity index (χ1) is 7.97. The maximum atomic E-state index is 11.2. The number of rotatable bonds is 1. The maximum Gasteiger partial charge on any atom is 0.345 e. The molecule has 0 bridgehead atoms. The summed E-state index contributed by atoms with van der Waals surface area (Å²) in [5.41, 5.74) is 3.66. The molecule has 0 aliphatic rings. The van der Waals surface area contributed by atoms with Gasteiger partial charge >= 0.3 is 5.69 Å². The topological polar surface area (TPSA) is 71.5 Å². The van der Waals surface area contributed by atoms with Gasteiger partial charge in [-0.25, -0.2) is 14.8 Å². The normalized spacial score (nSPS) is 10.6. The summed E-state index contributed by atoms with van der Waals surface area (Å²) in [6.45, 7) is 7.45. The fourth-order valence-electron chi connectivity index (χ4n) is 1.90. The van der Waals surface area contributed by atoms with Crippen LogP contribution in [0.15, 0.2) is 10.9 Å². The Morgan fingerprint density at radius 1 is 1.00 bits per heavy atom. The van der Waals surface area contributed by atoms with Gasteiger partial charge in [-0.1, -0.05) is 0 Å². The summed E-state index contributed by atoms with van der Waals surface area (Å²) < 4.78 is 0. The van der Waals surface area contributed by atoms with Gasteiger partial charge in [-0.15, -0.1) is 0 Å². The molecule has 0 fully saturated rings. The Morgan fingerprint density at radius 3 is 2.12 bits per heavy atom. The predicted octanol–water partition coefficient (Wildman–Crippen LogP) is 1.46. The van der Waals surface area contributed by atoms with E-state index in [-0.39, 0.29) is 5.69 Å². The smallest absolute Gasteiger partial charge is 0.309 e. The lowest BCUT2D eigenvalue weighted by atomic mass is 10.1. The first-order valence-electron chi connectivity index (χ1n) is 5.37. The molecule has 5 nitrogen and oxygen atoms in total. The zero-order valence-corrected chi connectivity index (χ0v) is 10.3. The Bertz CT molecular complexity index is 584. The minimum Gasteiger partial charge on any atom is -0.309 e. The SMILES string of the molecule is Cc1cc(C)nc(-c2c(C)nc(=O)[nH]c2C)n1. The van der Waals surface area contributed by atoms with Crippen LogP contribution in [0.5, 0.6) is 0 Å². The monoisotopic (exact) mass is 230 g/mol. The molecule has 2 rings (SSSR count). The van der Waals surface area contributed by atoms with Crippen LogP contribution in [0, 0.1) is 27.7 Å². The second kappa shape index (κ2) is 4.08. The van der Waals surface area contributed by atoms with Gasteiger partial charge in [0.1, 0.15) is 0 Å². The Morgan fingerprint density at radius 2 is 1.59 bits per heavy atom. The highest BCUT2D eigenvalue weighted by molar-refractivity contribution is 5.60. The van der Waals surface area contributed by atoms with Crippen LogP contribution >= 0.6 is 0 Å². The summed E-state index contributed by atoms with van der Waals surface area (Å²) in [5, 5.41) is 0. The van der Waals surface area contributed by atoms with E-state index < -0.39 is 0 Å². The van der Waals surface area contributed by atoms with Gasteiger partial charge in [-0.05, 0) is 33.8 Å². The number of H-pyrrole nitrogens is 1. The van der Waals surface area contributed by atoms with Gasteiger partial charge in [0.15, 0.2) is 5.82 Å². The van der Waals surface area contributed by atoms with E-state index in [0.29, 0.717) is 11.5 Å². The third-order valence-electron chi connectivity index (χ3n) is 2.51. The minimum absolute atomic E-state index is 0.340. The highest BCUT2D eigenvalue weighted by Crippen LogP contribution is 2.20. The van der Waals surface area contributed by atoms with E-state index in [9.17, 15) is 4.79 Å². The molecule has 0 radical (unpaired) electrons. The highest BCUT2D eigenvalue weighted by atomic mass is 16.1. The van der Waals surface area contributed by atoms with E-state index in [2.05, 4.69) is 19.9 Å². The van der Waals surface area contributed by atoms with Crippen molar-refractivity contribution in [1.82, 2.24) is 19.9 Å². The van der Waals surface area contributed by atoms with Crippen molar-refractivity contribution < 1.29 is 0 Å². The van der Waals surface area contributed by atoms with Crippen LogP contribution in [0.3, 0.4) is 0 Å². The molecule has 17 heavy (non-hydrogen) atoms. The molecule has 0 atom stereocenters. The van der Waals surface area contributed by atoms with Crippen LogP contribution in [0.2, 0.25) is 0 Å². The Hall–Kier alpha value is -2.04. The lowest BCUT2D eigenvalue weighted by Crippen LogP contribution is -2.15. The first-order valence-corrected chi connectivity index (χ1v) is 5.37. The van der Waals surface area contributed by atoms with Gasteiger partial charge in [0, 0.05) is 17.1 Å². The molecule has 0 aromatic carbocycles. The lowest BCUT2D eigenvalue weighted by molar-refractivity contribution is 0.969. The van der Waals surface area contributed by atoms with E-state index in [0.717, 1.165) is 22.6 Å². The van der Waals surface area contributed by atoms with Crippen LogP contribution < -0.4 is 5.69 Å². The average Bonchev–Trinajstić information content (AvgIpc) is 2.13. The number of nitrogens with zero attached hydrogens (tertiary/aromatic N) is 3. The maximum absolute atomic E-state index is 11.2.